The Balaban J connectivity index is 2.04. The van der Waals surface area contributed by atoms with E-state index < -0.39 is 11.9 Å². The van der Waals surface area contributed by atoms with Crippen molar-refractivity contribution in [3.8, 4) is 0 Å². The van der Waals surface area contributed by atoms with Crippen LogP contribution in [0.2, 0.25) is 0 Å². The molecule has 1 heterocycles. The lowest BCUT2D eigenvalue weighted by molar-refractivity contribution is -0.124. The average molecular weight is 309 g/mol. The van der Waals surface area contributed by atoms with Crippen LogP contribution < -0.4 is 5.73 Å². The predicted octanol–water partition coefficient (Wildman–Crippen LogP) is 1.13. The van der Waals surface area contributed by atoms with Gasteiger partial charge in [-0.3, -0.25) is 9.69 Å². The third-order valence-electron chi connectivity index (χ3n) is 3.66. The molecule has 0 unspecified atom stereocenters. The fourth-order valence-corrected chi connectivity index (χ4v) is 2.58. The summed E-state index contributed by atoms with van der Waals surface area (Å²) in [4.78, 5) is 26.9. The number of rotatable bonds is 4. The first kappa shape index (κ1) is 16.2. The molecule has 1 saturated heterocycles. The highest BCUT2D eigenvalue weighted by Gasteiger charge is 2.30. The van der Waals surface area contributed by atoms with Crippen LogP contribution in [0.15, 0.2) is 24.3 Å². The standard InChI is InChI=1S/C15H20FN3O3/c1-2-22-15(21)19-9-7-18(8-10-19)13(14(17)20)11-3-5-12(16)6-4-11/h3-6,13H,2,7-10H2,1H3,(H2,17,20)/t13-/m0/s1. The third-order valence-corrected chi connectivity index (χ3v) is 3.66. The topological polar surface area (TPSA) is 75.9 Å². The van der Waals surface area contributed by atoms with Gasteiger partial charge >= 0.3 is 6.09 Å². The Morgan fingerprint density at radius 1 is 1.23 bits per heavy atom. The van der Waals surface area contributed by atoms with Crippen LogP contribution in [-0.4, -0.2) is 54.6 Å². The molecule has 22 heavy (non-hydrogen) atoms. The molecular weight excluding hydrogens is 289 g/mol. The molecule has 0 aliphatic carbocycles. The van der Waals surface area contributed by atoms with Gasteiger partial charge in [-0.25, -0.2) is 9.18 Å². The van der Waals surface area contributed by atoms with Crippen molar-refractivity contribution in [1.29, 1.82) is 0 Å². The number of carbonyl (C=O) groups excluding carboxylic acids is 2. The maximum atomic E-state index is 13.0. The lowest BCUT2D eigenvalue weighted by atomic mass is 10.0. The normalized spacial score (nSPS) is 17.1. The molecule has 0 bridgehead atoms. The molecule has 7 heteroatoms. The fourth-order valence-electron chi connectivity index (χ4n) is 2.58. The molecule has 2 amide bonds. The number of ether oxygens (including phenoxy) is 1. The quantitative estimate of drug-likeness (QED) is 0.904. The van der Waals surface area contributed by atoms with Crippen LogP contribution in [-0.2, 0) is 9.53 Å². The van der Waals surface area contributed by atoms with Crippen LogP contribution in [0, 0.1) is 5.82 Å². The fraction of sp³-hybridized carbons (Fsp3) is 0.467. The van der Waals surface area contributed by atoms with Crippen LogP contribution in [0.3, 0.4) is 0 Å². The summed E-state index contributed by atoms with van der Waals surface area (Å²) in [6.07, 6.45) is -0.348. The predicted molar refractivity (Wildman–Crippen MR) is 78.5 cm³/mol. The van der Waals surface area contributed by atoms with E-state index in [9.17, 15) is 14.0 Å². The third kappa shape index (κ3) is 3.73. The van der Waals surface area contributed by atoms with E-state index in [-0.39, 0.29) is 11.9 Å². The molecule has 0 radical (unpaired) electrons. The Labute approximate surface area is 128 Å². The number of piperazine rings is 1. The molecule has 0 saturated carbocycles. The second kappa shape index (κ2) is 7.22. The zero-order valence-corrected chi connectivity index (χ0v) is 12.5. The molecule has 2 rings (SSSR count). The van der Waals surface area contributed by atoms with Gasteiger partial charge in [-0.1, -0.05) is 12.1 Å². The molecule has 1 aromatic rings. The zero-order chi connectivity index (χ0) is 16.1. The summed E-state index contributed by atoms with van der Waals surface area (Å²) in [5.41, 5.74) is 6.15. The number of benzene rings is 1. The number of carbonyl (C=O) groups is 2. The molecule has 120 valence electrons. The lowest BCUT2D eigenvalue weighted by Gasteiger charge is -2.37. The molecular formula is C15H20FN3O3. The first-order valence-electron chi connectivity index (χ1n) is 7.23. The SMILES string of the molecule is CCOC(=O)N1CCN([C@H](C(N)=O)c2ccc(F)cc2)CC1. The van der Waals surface area contributed by atoms with E-state index in [4.69, 9.17) is 10.5 Å². The van der Waals surface area contributed by atoms with E-state index in [0.29, 0.717) is 38.3 Å². The second-order valence-electron chi connectivity index (χ2n) is 5.08. The van der Waals surface area contributed by atoms with Gasteiger partial charge < -0.3 is 15.4 Å². The van der Waals surface area contributed by atoms with Crippen LogP contribution >= 0.6 is 0 Å². The van der Waals surface area contributed by atoms with Crippen molar-refractivity contribution in [3.63, 3.8) is 0 Å². The van der Waals surface area contributed by atoms with Gasteiger partial charge in [0.1, 0.15) is 11.9 Å². The highest BCUT2D eigenvalue weighted by Crippen LogP contribution is 2.22. The van der Waals surface area contributed by atoms with Crippen LogP contribution in [0.5, 0.6) is 0 Å². The number of halogens is 1. The summed E-state index contributed by atoms with van der Waals surface area (Å²) in [6.45, 7) is 4.02. The van der Waals surface area contributed by atoms with Crippen molar-refractivity contribution in [2.75, 3.05) is 32.8 Å². The molecule has 6 nitrogen and oxygen atoms in total. The van der Waals surface area contributed by atoms with Gasteiger partial charge in [0.15, 0.2) is 0 Å². The summed E-state index contributed by atoms with van der Waals surface area (Å²) in [7, 11) is 0. The monoisotopic (exact) mass is 309 g/mol. The maximum absolute atomic E-state index is 13.0. The van der Waals surface area contributed by atoms with Gasteiger partial charge in [0.05, 0.1) is 6.61 Å². The van der Waals surface area contributed by atoms with Gasteiger partial charge in [0.25, 0.3) is 0 Å². The van der Waals surface area contributed by atoms with Crippen molar-refractivity contribution in [2.45, 2.75) is 13.0 Å². The molecule has 1 aliphatic heterocycles. The largest absolute Gasteiger partial charge is 0.450 e. The van der Waals surface area contributed by atoms with E-state index in [1.165, 1.54) is 12.1 Å². The van der Waals surface area contributed by atoms with E-state index in [2.05, 4.69) is 0 Å². The first-order valence-corrected chi connectivity index (χ1v) is 7.23. The summed E-state index contributed by atoms with van der Waals surface area (Å²) in [5, 5.41) is 0. The van der Waals surface area contributed by atoms with Crippen LogP contribution in [0.4, 0.5) is 9.18 Å². The Bertz CT molecular complexity index is 527. The lowest BCUT2D eigenvalue weighted by Crippen LogP contribution is -2.52. The molecule has 2 N–H and O–H groups in total. The maximum Gasteiger partial charge on any atom is 0.409 e. The first-order chi connectivity index (χ1) is 10.5. The van der Waals surface area contributed by atoms with E-state index in [1.54, 1.807) is 24.0 Å². The number of hydrogen-bond donors (Lipinski definition) is 1. The highest BCUT2D eigenvalue weighted by atomic mass is 19.1. The Hall–Kier alpha value is -2.15. The zero-order valence-electron chi connectivity index (χ0n) is 12.5. The van der Waals surface area contributed by atoms with E-state index >= 15 is 0 Å². The Morgan fingerprint density at radius 2 is 1.82 bits per heavy atom. The number of amides is 2. The van der Waals surface area contributed by atoms with Crippen molar-refractivity contribution in [2.24, 2.45) is 5.73 Å². The van der Waals surface area contributed by atoms with E-state index in [0.717, 1.165) is 0 Å². The second-order valence-corrected chi connectivity index (χ2v) is 5.08. The summed E-state index contributed by atoms with van der Waals surface area (Å²) in [5.74, 6) is -0.852. The molecule has 0 aromatic heterocycles. The number of hydrogen-bond acceptors (Lipinski definition) is 4. The summed E-state index contributed by atoms with van der Waals surface area (Å²) >= 11 is 0. The Morgan fingerprint density at radius 3 is 2.32 bits per heavy atom. The minimum Gasteiger partial charge on any atom is -0.450 e. The van der Waals surface area contributed by atoms with Crippen molar-refractivity contribution in [1.82, 2.24) is 9.80 Å². The van der Waals surface area contributed by atoms with Crippen LogP contribution in [0.25, 0.3) is 0 Å². The molecule has 1 atom stereocenters. The minimum atomic E-state index is -0.620. The van der Waals surface area contributed by atoms with Gasteiger partial charge in [0.2, 0.25) is 5.91 Å². The summed E-state index contributed by atoms with van der Waals surface area (Å²) in [6, 6.07) is 5.11. The molecule has 1 fully saturated rings. The van der Waals surface area contributed by atoms with E-state index in [1.807, 2.05) is 4.90 Å². The Kier molecular flexibility index (Phi) is 5.32. The molecule has 0 spiro atoms. The minimum absolute atomic E-state index is 0.332. The molecule has 1 aliphatic rings. The van der Waals surface area contributed by atoms with Crippen molar-refractivity contribution < 1.29 is 18.7 Å². The number of nitrogens with zero attached hydrogens (tertiary/aromatic N) is 2. The van der Waals surface area contributed by atoms with Crippen molar-refractivity contribution >= 4 is 12.0 Å². The van der Waals surface area contributed by atoms with Gasteiger partial charge in [-0.15, -0.1) is 0 Å². The number of primary amides is 1. The smallest absolute Gasteiger partial charge is 0.409 e. The van der Waals surface area contributed by atoms with Gasteiger partial charge in [-0.2, -0.15) is 0 Å². The van der Waals surface area contributed by atoms with Crippen LogP contribution in [0.1, 0.15) is 18.5 Å². The number of nitrogens with two attached hydrogens (primary N) is 1. The average Bonchev–Trinajstić information content (AvgIpc) is 2.50. The van der Waals surface area contributed by atoms with Gasteiger partial charge in [0, 0.05) is 26.2 Å². The van der Waals surface area contributed by atoms with Gasteiger partial charge in [-0.05, 0) is 24.6 Å². The highest BCUT2D eigenvalue weighted by molar-refractivity contribution is 5.81. The summed E-state index contributed by atoms with van der Waals surface area (Å²) < 4.78 is 18.0. The molecule has 1 aromatic carbocycles. The van der Waals surface area contributed by atoms with Crippen molar-refractivity contribution in [3.05, 3.63) is 35.6 Å².